The third kappa shape index (κ3) is 4.37. The number of rotatable bonds is 6. The van der Waals surface area contributed by atoms with Crippen LogP contribution in [0, 0.1) is 0 Å². The van der Waals surface area contributed by atoms with Crippen LogP contribution in [-0.4, -0.2) is 45.1 Å². The molecule has 1 atom stereocenters. The van der Waals surface area contributed by atoms with E-state index in [-0.39, 0.29) is 17.3 Å². The summed E-state index contributed by atoms with van der Waals surface area (Å²) in [6, 6.07) is 13.3. The molecule has 2 amide bonds. The van der Waals surface area contributed by atoms with Crippen molar-refractivity contribution in [3.63, 3.8) is 0 Å². The molecule has 2 heterocycles. The van der Waals surface area contributed by atoms with Gasteiger partial charge in [0.15, 0.2) is 4.90 Å². The van der Waals surface area contributed by atoms with Gasteiger partial charge < -0.3 is 19.7 Å². The van der Waals surface area contributed by atoms with Gasteiger partial charge in [-0.2, -0.15) is 0 Å². The Hall–Kier alpha value is -3.30. The lowest BCUT2D eigenvalue weighted by molar-refractivity contribution is 0.245. The predicted molar refractivity (Wildman–Crippen MR) is 139 cm³/mol. The van der Waals surface area contributed by atoms with E-state index in [1.165, 1.54) is 13.4 Å². The minimum atomic E-state index is -0.990. The molecular weight excluding hydrogens is 476 g/mol. The number of fused-ring (bicyclic) bond motifs is 2. The molecule has 5 rings (SSSR count). The number of aromatic hydroxyl groups is 1. The predicted octanol–water partition coefficient (Wildman–Crippen LogP) is 4.53. The second kappa shape index (κ2) is 9.99. The Bertz CT molecular complexity index is 1260. The average molecular weight is 507 g/mol. The van der Waals surface area contributed by atoms with Crippen molar-refractivity contribution < 1.29 is 19.2 Å². The molecule has 2 aliphatic rings. The van der Waals surface area contributed by atoms with Crippen molar-refractivity contribution in [1.29, 1.82) is 0 Å². The summed E-state index contributed by atoms with van der Waals surface area (Å²) in [6.45, 7) is 2.91. The summed E-state index contributed by atoms with van der Waals surface area (Å²) in [4.78, 5) is 24.1. The monoisotopic (exact) mass is 506 g/mol. The van der Waals surface area contributed by atoms with Gasteiger partial charge in [0.1, 0.15) is 17.6 Å². The standard InChI is InChI=1S/C27H30N4O4S/c1-3-36(34)20-9-6-18(7-10-20)15-28-26(33)31-16-27(12-4-5-13-27)21-14-19(8-11-22(21)31)23-24(32)29-17-30-25(23)35-2/h6-11,14,17H,3-5,12-13,15-16H2,1-2H3,(H,28,33)(H,29,30,32). The van der Waals surface area contributed by atoms with Crippen LogP contribution in [0.25, 0.3) is 11.1 Å². The van der Waals surface area contributed by atoms with Crippen molar-refractivity contribution in [2.75, 3.05) is 24.3 Å². The summed E-state index contributed by atoms with van der Waals surface area (Å²) in [5.41, 5.74) is 4.07. The summed E-state index contributed by atoms with van der Waals surface area (Å²) in [7, 11) is 1.51. The van der Waals surface area contributed by atoms with E-state index in [1.54, 1.807) is 0 Å². The SMILES string of the molecule is CC[S+]([O-])c1ccc(CNC(=O)N2CC3(CCCC3)c3cc(-c4c(O)ncnc4OC)ccc32)cc1. The Kier molecular flexibility index (Phi) is 6.77. The number of aromatic nitrogens is 2. The van der Waals surface area contributed by atoms with Gasteiger partial charge in [-0.05, 0) is 71.9 Å². The largest absolute Gasteiger partial charge is 0.611 e. The fourth-order valence-corrected chi connectivity index (χ4v) is 6.23. The number of hydrogen-bond acceptors (Lipinski definition) is 6. The van der Waals surface area contributed by atoms with Gasteiger partial charge >= 0.3 is 6.03 Å². The second-order valence-corrected chi connectivity index (χ2v) is 11.1. The number of nitrogens with one attached hydrogen (secondary N) is 1. The molecule has 36 heavy (non-hydrogen) atoms. The van der Waals surface area contributed by atoms with E-state index < -0.39 is 11.2 Å². The number of urea groups is 1. The molecule has 1 aromatic heterocycles. The number of amides is 2. The van der Waals surface area contributed by atoms with Crippen LogP contribution in [0.15, 0.2) is 53.7 Å². The fourth-order valence-electron chi connectivity index (χ4n) is 5.45. The average Bonchev–Trinajstić information content (AvgIpc) is 3.52. The zero-order chi connectivity index (χ0) is 25.3. The Morgan fingerprint density at radius 3 is 2.64 bits per heavy atom. The van der Waals surface area contributed by atoms with Crippen molar-refractivity contribution in [3.8, 4) is 22.9 Å². The number of methoxy groups -OCH3 is 1. The highest BCUT2D eigenvalue weighted by atomic mass is 32.2. The molecular formula is C27H30N4O4S. The zero-order valence-corrected chi connectivity index (χ0v) is 21.3. The molecule has 0 saturated heterocycles. The number of ether oxygens (including phenoxy) is 1. The van der Waals surface area contributed by atoms with Crippen LogP contribution in [0.1, 0.15) is 43.7 Å². The lowest BCUT2D eigenvalue weighted by Gasteiger charge is -2.25. The Morgan fingerprint density at radius 2 is 1.94 bits per heavy atom. The van der Waals surface area contributed by atoms with Gasteiger partial charge in [0, 0.05) is 24.2 Å². The third-order valence-electron chi connectivity index (χ3n) is 7.29. The van der Waals surface area contributed by atoms with Crippen LogP contribution in [0.3, 0.4) is 0 Å². The van der Waals surface area contributed by atoms with Crippen LogP contribution in [0.5, 0.6) is 11.8 Å². The molecule has 8 nitrogen and oxygen atoms in total. The number of anilines is 1. The van der Waals surface area contributed by atoms with E-state index >= 15 is 0 Å². The number of hydrogen-bond donors (Lipinski definition) is 2. The van der Waals surface area contributed by atoms with Gasteiger partial charge in [-0.3, -0.25) is 4.90 Å². The van der Waals surface area contributed by atoms with E-state index in [9.17, 15) is 14.5 Å². The highest BCUT2D eigenvalue weighted by Gasteiger charge is 2.46. The highest BCUT2D eigenvalue weighted by Crippen LogP contribution is 2.52. The lowest BCUT2D eigenvalue weighted by Crippen LogP contribution is -2.41. The molecule has 1 aliphatic heterocycles. The van der Waals surface area contributed by atoms with Crippen LogP contribution in [-0.2, 0) is 23.1 Å². The van der Waals surface area contributed by atoms with Crippen LogP contribution in [0.4, 0.5) is 10.5 Å². The summed E-state index contributed by atoms with van der Waals surface area (Å²) in [5, 5.41) is 13.5. The molecule has 0 bridgehead atoms. The summed E-state index contributed by atoms with van der Waals surface area (Å²) in [5.74, 6) is 0.755. The van der Waals surface area contributed by atoms with E-state index in [1.807, 2.05) is 48.2 Å². The molecule has 2 N–H and O–H groups in total. The van der Waals surface area contributed by atoms with Gasteiger partial charge in [0.25, 0.3) is 0 Å². The molecule has 1 saturated carbocycles. The lowest BCUT2D eigenvalue weighted by atomic mass is 9.80. The highest BCUT2D eigenvalue weighted by molar-refractivity contribution is 7.91. The summed E-state index contributed by atoms with van der Waals surface area (Å²) in [6.07, 6.45) is 5.53. The maximum absolute atomic E-state index is 13.3. The fraction of sp³-hybridized carbons (Fsp3) is 0.370. The smallest absolute Gasteiger partial charge is 0.322 e. The maximum atomic E-state index is 13.3. The van der Waals surface area contributed by atoms with Gasteiger partial charge in [-0.25, -0.2) is 14.8 Å². The van der Waals surface area contributed by atoms with Crippen molar-refractivity contribution in [2.24, 2.45) is 0 Å². The van der Waals surface area contributed by atoms with Crippen molar-refractivity contribution in [3.05, 3.63) is 59.9 Å². The van der Waals surface area contributed by atoms with E-state index in [0.717, 1.165) is 53.0 Å². The number of carbonyl (C=O) groups excluding carboxylic acids is 1. The number of carbonyl (C=O) groups is 1. The first-order chi connectivity index (χ1) is 17.5. The van der Waals surface area contributed by atoms with Crippen LogP contribution < -0.4 is 15.0 Å². The minimum absolute atomic E-state index is 0.104. The molecule has 1 spiro atoms. The van der Waals surface area contributed by atoms with E-state index in [2.05, 4.69) is 21.4 Å². The molecule has 1 aliphatic carbocycles. The molecule has 3 aromatic rings. The minimum Gasteiger partial charge on any atom is -0.611 e. The first-order valence-electron chi connectivity index (χ1n) is 12.2. The molecule has 9 heteroatoms. The molecule has 1 fully saturated rings. The van der Waals surface area contributed by atoms with Gasteiger partial charge in [-0.15, -0.1) is 0 Å². The molecule has 1 unspecified atom stereocenters. The Morgan fingerprint density at radius 1 is 1.19 bits per heavy atom. The summed E-state index contributed by atoms with van der Waals surface area (Å²) < 4.78 is 17.4. The molecule has 2 aromatic carbocycles. The maximum Gasteiger partial charge on any atom is 0.322 e. The molecule has 188 valence electrons. The first kappa shape index (κ1) is 24.4. The van der Waals surface area contributed by atoms with E-state index in [4.69, 9.17) is 4.74 Å². The van der Waals surface area contributed by atoms with E-state index in [0.29, 0.717) is 30.3 Å². The van der Waals surface area contributed by atoms with Gasteiger partial charge in [-0.1, -0.05) is 31.0 Å². The van der Waals surface area contributed by atoms with Crippen LogP contribution in [0.2, 0.25) is 0 Å². The molecule has 0 radical (unpaired) electrons. The van der Waals surface area contributed by atoms with Gasteiger partial charge in [0.2, 0.25) is 11.8 Å². The number of nitrogens with zero attached hydrogens (tertiary/aromatic N) is 3. The number of benzene rings is 2. The van der Waals surface area contributed by atoms with Crippen molar-refractivity contribution in [1.82, 2.24) is 15.3 Å². The first-order valence-corrected chi connectivity index (χ1v) is 13.5. The van der Waals surface area contributed by atoms with Crippen LogP contribution >= 0.6 is 0 Å². The van der Waals surface area contributed by atoms with Crippen molar-refractivity contribution >= 4 is 22.9 Å². The Labute approximate surface area is 213 Å². The third-order valence-corrected chi connectivity index (χ3v) is 8.61. The zero-order valence-electron chi connectivity index (χ0n) is 20.5. The Balaban J connectivity index is 1.40. The quantitative estimate of drug-likeness (QED) is 0.476. The summed E-state index contributed by atoms with van der Waals surface area (Å²) >= 11 is -0.990. The van der Waals surface area contributed by atoms with Crippen molar-refractivity contribution in [2.45, 2.75) is 49.5 Å². The normalized spacial score (nSPS) is 16.7. The second-order valence-electron chi connectivity index (χ2n) is 9.32. The van der Waals surface area contributed by atoms with Gasteiger partial charge in [0.05, 0.1) is 7.11 Å². The topological polar surface area (TPSA) is 111 Å².